The van der Waals surface area contributed by atoms with Gasteiger partial charge in [0.2, 0.25) is 0 Å². The van der Waals surface area contributed by atoms with E-state index >= 15 is 0 Å². The number of carbonyl (C=O) groups is 1. The molecule has 7 heteroatoms. The van der Waals surface area contributed by atoms with Gasteiger partial charge in [-0.15, -0.1) is 0 Å². The quantitative estimate of drug-likeness (QED) is 0.466. The van der Waals surface area contributed by atoms with E-state index in [1.165, 1.54) is 5.56 Å². The molecule has 1 atom stereocenters. The van der Waals surface area contributed by atoms with Crippen LogP contribution in [0.1, 0.15) is 37.3 Å². The molecule has 158 valence electrons. The zero-order valence-corrected chi connectivity index (χ0v) is 18.2. The Bertz CT molecular complexity index is 954. The van der Waals surface area contributed by atoms with Crippen LogP contribution in [0.15, 0.2) is 52.4 Å². The van der Waals surface area contributed by atoms with E-state index < -0.39 is 0 Å². The summed E-state index contributed by atoms with van der Waals surface area (Å²) in [7, 11) is 1.57. The fourth-order valence-electron chi connectivity index (χ4n) is 2.91. The Balaban J connectivity index is 1.54. The van der Waals surface area contributed by atoms with Gasteiger partial charge in [0, 0.05) is 0 Å². The first-order valence-corrected chi connectivity index (χ1v) is 10.6. The minimum Gasteiger partial charge on any atom is -0.493 e. The zero-order valence-electron chi connectivity index (χ0n) is 17.4. The first-order chi connectivity index (χ1) is 14.5. The van der Waals surface area contributed by atoms with E-state index in [1.807, 2.05) is 18.2 Å². The van der Waals surface area contributed by atoms with Crippen LogP contribution >= 0.6 is 11.8 Å². The molecule has 0 saturated carbocycles. The number of hydrogen-bond donors (Lipinski definition) is 1. The van der Waals surface area contributed by atoms with Gasteiger partial charge in [0.15, 0.2) is 16.7 Å². The number of carbonyl (C=O) groups excluding carboxylic acids is 1. The standard InChI is InChI=1S/C23H26N2O4S/c1-4-15(2)17-6-8-18(9-7-17)28-11-12-29-19-10-5-16(13-20(19)27-3)14-21-22(26)25-23(24)30-21/h5-10,13-15H,4,11-12H2,1-3H3,(H2,24,25,26). The molecule has 30 heavy (non-hydrogen) atoms. The number of methoxy groups -OCH3 is 1. The maximum Gasteiger partial charge on any atom is 0.286 e. The number of amidine groups is 1. The number of thioether (sulfide) groups is 1. The second kappa shape index (κ2) is 10.2. The van der Waals surface area contributed by atoms with Gasteiger partial charge >= 0.3 is 0 Å². The fraction of sp³-hybridized carbons (Fsp3) is 0.304. The number of hydrogen-bond acceptors (Lipinski definition) is 6. The van der Waals surface area contributed by atoms with Crippen LogP contribution < -0.4 is 19.9 Å². The van der Waals surface area contributed by atoms with E-state index in [0.717, 1.165) is 29.5 Å². The van der Waals surface area contributed by atoms with Crippen molar-refractivity contribution in [3.05, 3.63) is 58.5 Å². The minimum atomic E-state index is -0.328. The van der Waals surface area contributed by atoms with Crippen LogP contribution in [-0.4, -0.2) is 31.4 Å². The molecular weight excluding hydrogens is 400 g/mol. The topological polar surface area (TPSA) is 83.1 Å². The second-order valence-corrected chi connectivity index (χ2v) is 7.91. The van der Waals surface area contributed by atoms with Crippen LogP contribution in [0.4, 0.5) is 0 Å². The molecule has 0 aromatic heterocycles. The monoisotopic (exact) mass is 426 g/mol. The Morgan fingerprint density at radius 2 is 1.83 bits per heavy atom. The predicted octanol–water partition coefficient (Wildman–Crippen LogP) is 4.60. The Labute approximate surface area is 181 Å². The van der Waals surface area contributed by atoms with Crippen LogP contribution in [0.2, 0.25) is 0 Å². The lowest BCUT2D eigenvalue weighted by Gasteiger charge is -2.13. The molecule has 1 aliphatic rings. The number of nitrogens with two attached hydrogens (primary N) is 1. The van der Waals surface area contributed by atoms with E-state index in [-0.39, 0.29) is 11.1 Å². The van der Waals surface area contributed by atoms with Crippen LogP contribution in [0.5, 0.6) is 17.2 Å². The number of rotatable bonds is 9. The van der Waals surface area contributed by atoms with Crippen molar-refractivity contribution in [1.82, 2.24) is 0 Å². The molecule has 2 N–H and O–H groups in total. The van der Waals surface area contributed by atoms with Crippen molar-refractivity contribution in [2.24, 2.45) is 10.7 Å². The molecule has 1 unspecified atom stereocenters. The van der Waals surface area contributed by atoms with Crippen molar-refractivity contribution in [1.29, 1.82) is 0 Å². The summed E-state index contributed by atoms with van der Waals surface area (Å²) in [6.07, 6.45) is 2.84. The van der Waals surface area contributed by atoms with Gasteiger partial charge in [-0.2, -0.15) is 4.99 Å². The fourth-order valence-corrected chi connectivity index (χ4v) is 3.59. The summed E-state index contributed by atoms with van der Waals surface area (Å²) in [5.41, 5.74) is 7.70. The average Bonchev–Trinajstić information content (AvgIpc) is 3.08. The van der Waals surface area contributed by atoms with E-state index in [0.29, 0.717) is 35.5 Å². The summed E-state index contributed by atoms with van der Waals surface area (Å²) < 4.78 is 17.0. The maximum absolute atomic E-state index is 11.7. The molecule has 3 rings (SSSR count). The smallest absolute Gasteiger partial charge is 0.286 e. The molecule has 6 nitrogen and oxygen atoms in total. The SMILES string of the molecule is CCC(C)c1ccc(OCCOc2ccc(C=C3SC(N)=NC3=O)cc2OC)cc1. The molecule has 0 bridgehead atoms. The zero-order chi connectivity index (χ0) is 21.5. The molecular formula is C23H26N2O4S. The molecule has 2 aromatic carbocycles. The lowest BCUT2D eigenvalue weighted by Crippen LogP contribution is -2.09. The highest BCUT2D eigenvalue weighted by molar-refractivity contribution is 8.18. The van der Waals surface area contributed by atoms with Gasteiger partial charge in [0.25, 0.3) is 5.91 Å². The van der Waals surface area contributed by atoms with Crippen LogP contribution in [0.25, 0.3) is 6.08 Å². The first-order valence-electron chi connectivity index (χ1n) is 9.81. The molecule has 1 amide bonds. The van der Waals surface area contributed by atoms with Crippen LogP contribution in [-0.2, 0) is 4.79 Å². The Morgan fingerprint density at radius 1 is 1.10 bits per heavy atom. The molecule has 0 fully saturated rings. The third-order valence-corrected chi connectivity index (χ3v) is 5.61. The summed E-state index contributed by atoms with van der Waals surface area (Å²) in [5, 5.41) is 0.257. The molecule has 0 radical (unpaired) electrons. The number of ether oxygens (including phenoxy) is 3. The molecule has 2 aromatic rings. The van der Waals surface area contributed by atoms with Gasteiger partial charge in [0.05, 0.1) is 12.0 Å². The van der Waals surface area contributed by atoms with Crippen molar-refractivity contribution in [2.75, 3.05) is 20.3 Å². The lowest BCUT2D eigenvalue weighted by molar-refractivity contribution is -0.113. The second-order valence-electron chi connectivity index (χ2n) is 6.85. The summed E-state index contributed by atoms with van der Waals surface area (Å²) in [4.78, 5) is 15.9. The van der Waals surface area contributed by atoms with Gasteiger partial charge in [0.1, 0.15) is 19.0 Å². The van der Waals surface area contributed by atoms with Crippen molar-refractivity contribution in [3.63, 3.8) is 0 Å². The number of aliphatic imine (C=N–C) groups is 1. The number of nitrogens with zero attached hydrogens (tertiary/aromatic N) is 1. The molecule has 0 saturated heterocycles. The highest BCUT2D eigenvalue weighted by Gasteiger charge is 2.19. The van der Waals surface area contributed by atoms with E-state index in [9.17, 15) is 4.79 Å². The Kier molecular flexibility index (Phi) is 7.41. The summed E-state index contributed by atoms with van der Waals surface area (Å²) in [6.45, 7) is 5.19. The predicted molar refractivity (Wildman–Crippen MR) is 121 cm³/mol. The summed E-state index contributed by atoms with van der Waals surface area (Å²) in [5.74, 6) is 2.22. The first kappa shape index (κ1) is 21.8. The third-order valence-electron chi connectivity index (χ3n) is 4.79. The van der Waals surface area contributed by atoms with Crippen molar-refractivity contribution < 1.29 is 19.0 Å². The van der Waals surface area contributed by atoms with E-state index in [2.05, 4.69) is 31.0 Å². The van der Waals surface area contributed by atoms with Crippen LogP contribution in [0, 0.1) is 0 Å². The lowest BCUT2D eigenvalue weighted by atomic mass is 9.99. The highest BCUT2D eigenvalue weighted by atomic mass is 32.2. The van der Waals surface area contributed by atoms with E-state index in [1.54, 1.807) is 25.3 Å². The molecule has 1 aliphatic heterocycles. The van der Waals surface area contributed by atoms with Crippen molar-refractivity contribution in [2.45, 2.75) is 26.2 Å². The van der Waals surface area contributed by atoms with Crippen molar-refractivity contribution in [3.8, 4) is 17.2 Å². The van der Waals surface area contributed by atoms with Gasteiger partial charge in [-0.3, -0.25) is 4.79 Å². The normalized spacial score (nSPS) is 15.8. The largest absolute Gasteiger partial charge is 0.493 e. The maximum atomic E-state index is 11.7. The number of benzene rings is 2. The third kappa shape index (κ3) is 5.57. The summed E-state index contributed by atoms with van der Waals surface area (Å²) in [6, 6.07) is 13.6. The Hall–Kier alpha value is -2.93. The summed E-state index contributed by atoms with van der Waals surface area (Å²) >= 11 is 1.16. The Morgan fingerprint density at radius 3 is 2.47 bits per heavy atom. The highest BCUT2D eigenvalue weighted by Crippen LogP contribution is 2.31. The molecule has 1 heterocycles. The average molecular weight is 427 g/mol. The van der Waals surface area contributed by atoms with Gasteiger partial charge < -0.3 is 19.9 Å². The minimum absolute atomic E-state index is 0.257. The van der Waals surface area contributed by atoms with Gasteiger partial charge in [-0.25, -0.2) is 0 Å². The number of amides is 1. The van der Waals surface area contributed by atoms with Crippen LogP contribution in [0.3, 0.4) is 0 Å². The molecule has 0 aliphatic carbocycles. The molecule has 0 spiro atoms. The van der Waals surface area contributed by atoms with Crippen molar-refractivity contribution >= 4 is 28.9 Å². The van der Waals surface area contributed by atoms with Gasteiger partial charge in [-0.05, 0) is 65.6 Å². The van der Waals surface area contributed by atoms with E-state index in [4.69, 9.17) is 19.9 Å². The van der Waals surface area contributed by atoms with Gasteiger partial charge in [-0.1, -0.05) is 32.0 Å².